The van der Waals surface area contributed by atoms with E-state index in [4.69, 9.17) is 0 Å². The molecule has 3 nitrogen and oxygen atoms in total. The largest absolute Gasteiger partial charge is 0.382 e. The maximum absolute atomic E-state index is 10.9. The van der Waals surface area contributed by atoms with Crippen LogP contribution in [-0.2, 0) is 5.60 Å². The molecule has 2 unspecified atom stereocenters. The lowest BCUT2D eigenvalue weighted by molar-refractivity contribution is 0.0358. The quantitative estimate of drug-likeness (QED) is 0.902. The Balaban J connectivity index is 2.07. The Morgan fingerprint density at radius 1 is 1.33 bits per heavy atom. The number of nitrogens with zero attached hydrogens (tertiary/aromatic N) is 2. The van der Waals surface area contributed by atoms with Crippen molar-refractivity contribution in [3.05, 3.63) is 48.3 Å². The maximum Gasteiger partial charge on any atom is 0.119 e. The molecule has 94 valence electrons. The summed E-state index contributed by atoms with van der Waals surface area (Å²) < 4.78 is 1.85. The molecule has 1 fully saturated rings. The predicted molar refractivity (Wildman–Crippen MR) is 74.0 cm³/mol. The van der Waals surface area contributed by atoms with Gasteiger partial charge in [0.15, 0.2) is 0 Å². The van der Waals surface area contributed by atoms with E-state index in [1.165, 1.54) is 0 Å². The van der Waals surface area contributed by atoms with Crippen molar-refractivity contribution >= 4 is 11.8 Å². The molecule has 1 aromatic heterocycles. The fourth-order valence-corrected chi connectivity index (χ4v) is 3.77. The van der Waals surface area contributed by atoms with Crippen LogP contribution in [0.2, 0.25) is 0 Å². The first kappa shape index (κ1) is 11.8. The van der Waals surface area contributed by atoms with Gasteiger partial charge in [0.25, 0.3) is 0 Å². The van der Waals surface area contributed by atoms with Crippen molar-refractivity contribution in [3.8, 4) is 5.69 Å². The molecule has 1 N–H and O–H groups in total. The highest BCUT2D eigenvalue weighted by atomic mass is 32.2. The molecule has 1 aliphatic rings. The molecule has 0 aliphatic carbocycles. The second-order valence-corrected chi connectivity index (χ2v) is 6.10. The van der Waals surface area contributed by atoms with Crippen molar-refractivity contribution in [1.82, 2.24) is 9.78 Å². The summed E-state index contributed by atoms with van der Waals surface area (Å²) in [4.78, 5) is 0. The van der Waals surface area contributed by atoms with Gasteiger partial charge in [0.05, 0.1) is 11.4 Å². The summed E-state index contributed by atoms with van der Waals surface area (Å²) in [7, 11) is 0. The fraction of sp³-hybridized carbons (Fsp3) is 0.357. The molecule has 0 bridgehead atoms. The normalized spacial score (nSPS) is 27.6. The van der Waals surface area contributed by atoms with Crippen molar-refractivity contribution in [2.24, 2.45) is 0 Å². The number of rotatable bonds is 2. The highest BCUT2D eigenvalue weighted by Crippen LogP contribution is 2.43. The van der Waals surface area contributed by atoms with Gasteiger partial charge in [-0.2, -0.15) is 16.9 Å². The standard InChI is InChI=1S/C14H16N2OS/c1-11-14(17,8-10-18-11)13-7-9-15-16(13)12-5-3-2-4-6-12/h2-7,9,11,17H,8,10H2,1H3. The molecule has 2 atom stereocenters. The Labute approximate surface area is 111 Å². The Hall–Kier alpha value is -1.26. The molecular formula is C14H16N2OS. The van der Waals surface area contributed by atoms with Crippen LogP contribution in [0.15, 0.2) is 42.6 Å². The molecule has 0 spiro atoms. The third-order valence-corrected chi connectivity index (χ3v) is 4.94. The van der Waals surface area contributed by atoms with E-state index in [1.807, 2.05) is 52.8 Å². The fourth-order valence-electron chi connectivity index (χ4n) is 2.47. The number of aliphatic hydroxyl groups is 1. The Morgan fingerprint density at radius 2 is 2.11 bits per heavy atom. The van der Waals surface area contributed by atoms with Crippen LogP contribution >= 0.6 is 11.8 Å². The van der Waals surface area contributed by atoms with Gasteiger partial charge in [-0.15, -0.1) is 0 Å². The number of hydrogen-bond acceptors (Lipinski definition) is 3. The zero-order valence-corrected chi connectivity index (χ0v) is 11.1. The lowest BCUT2D eigenvalue weighted by Crippen LogP contribution is -2.34. The predicted octanol–water partition coefficient (Wildman–Crippen LogP) is 2.59. The number of hydrogen-bond donors (Lipinski definition) is 1. The number of thioether (sulfide) groups is 1. The molecular weight excluding hydrogens is 244 g/mol. The molecule has 1 aromatic carbocycles. The van der Waals surface area contributed by atoms with E-state index in [1.54, 1.807) is 6.20 Å². The Bertz CT molecular complexity index is 540. The molecule has 0 saturated carbocycles. The lowest BCUT2D eigenvalue weighted by Gasteiger charge is -2.27. The lowest BCUT2D eigenvalue weighted by atomic mass is 9.93. The molecule has 2 aromatic rings. The van der Waals surface area contributed by atoms with Gasteiger partial charge < -0.3 is 5.11 Å². The smallest absolute Gasteiger partial charge is 0.119 e. The van der Waals surface area contributed by atoms with Gasteiger partial charge in [0, 0.05) is 11.4 Å². The van der Waals surface area contributed by atoms with Gasteiger partial charge in [-0.1, -0.05) is 25.1 Å². The molecule has 1 aliphatic heterocycles. The summed E-state index contributed by atoms with van der Waals surface area (Å²) in [5.41, 5.74) is 1.12. The van der Waals surface area contributed by atoms with Crippen molar-refractivity contribution in [3.63, 3.8) is 0 Å². The van der Waals surface area contributed by atoms with E-state index in [0.29, 0.717) is 0 Å². The van der Waals surface area contributed by atoms with Crippen LogP contribution in [0.3, 0.4) is 0 Å². The van der Waals surface area contributed by atoms with Crippen LogP contribution in [0.5, 0.6) is 0 Å². The topological polar surface area (TPSA) is 38.1 Å². The van der Waals surface area contributed by atoms with Crippen LogP contribution < -0.4 is 0 Å². The second-order valence-electron chi connectivity index (χ2n) is 4.65. The van der Waals surface area contributed by atoms with Crippen LogP contribution in [-0.4, -0.2) is 25.9 Å². The van der Waals surface area contributed by atoms with Crippen LogP contribution in [0.4, 0.5) is 0 Å². The minimum atomic E-state index is -0.767. The first-order valence-electron chi connectivity index (χ1n) is 6.16. The molecule has 0 amide bonds. The van der Waals surface area contributed by atoms with Crippen molar-refractivity contribution in [2.45, 2.75) is 24.2 Å². The molecule has 1 saturated heterocycles. The van der Waals surface area contributed by atoms with Crippen molar-refractivity contribution in [2.75, 3.05) is 5.75 Å². The van der Waals surface area contributed by atoms with Gasteiger partial charge in [-0.05, 0) is 30.4 Å². The van der Waals surface area contributed by atoms with E-state index in [-0.39, 0.29) is 5.25 Å². The molecule has 4 heteroatoms. The minimum Gasteiger partial charge on any atom is -0.382 e. The van der Waals surface area contributed by atoms with Gasteiger partial charge in [0.1, 0.15) is 5.60 Å². The van der Waals surface area contributed by atoms with Gasteiger partial charge in [0.2, 0.25) is 0 Å². The third-order valence-electron chi connectivity index (χ3n) is 3.61. The van der Waals surface area contributed by atoms with E-state index in [9.17, 15) is 5.11 Å². The van der Waals surface area contributed by atoms with Crippen LogP contribution in [0, 0.1) is 0 Å². The zero-order chi connectivity index (χ0) is 12.6. The number of aromatic nitrogens is 2. The van der Waals surface area contributed by atoms with E-state index in [2.05, 4.69) is 12.0 Å². The highest BCUT2D eigenvalue weighted by molar-refractivity contribution is 8.00. The summed E-state index contributed by atoms with van der Waals surface area (Å²) in [5.74, 6) is 0.998. The summed E-state index contributed by atoms with van der Waals surface area (Å²) in [5, 5.41) is 15.4. The molecule has 3 rings (SSSR count). The highest BCUT2D eigenvalue weighted by Gasteiger charge is 2.43. The summed E-state index contributed by atoms with van der Waals surface area (Å²) in [6, 6.07) is 11.9. The van der Waals surface area contributed by atoms with Gasteiger partial charge in [-0.25, -0.2) is 4.68 Å². The average Bonchev–Trinajstić information content (AvgIpc) is 2.99. The van der Waals surface area contributed by atoms with Gasteiger partial charge in [-0.3, -0.25) is 0 Å². The Kier molecular flexibility index (Phi) is 2.92. The molecule has 0 radical (unpaired) electrons. The monoisotopic (exact) mass is 260 g/mol. The zero-order valence-electron chi connectivity index (χ0n) is 10.3. The Morgan fingerprint density at radius 3 is 2.78 bits per heavy atom. The third kappa shape index (κ3) is 1.76. The SMILES string of the molecule is CC1SCCC1(O)c1ccnn1-c1ccccc1. The summed E-state index contributed by atoms with van der Waals surface area (Å²) in [6.45, 7) is 2.08. The van der Waals surface area contributed by atoms with E-state index < -0.39 is 5.60 Å². The molecule has 2 heterocycles. The van der Waals surface area contributed by atoms with E-state index in [0.717, 1.165) is 23.6 Å². The van der Waals surface area contributed by atoms with Gasteiger partial charge >= 0.3 is 0 Å². The first-order valence-corrected chi connectivity index (χ1v) is 7.20. The second kappa shape index (κ2) is 4.44. The molecule has 18 heavy (non-hydrogen) atoms. The first-order chi connectivity index (χ1) is 8.72. The summed E-state index contributed by atoms with van der Waals surface area (Å²) in [6.07, 6.45) is 2.55. The van der Waals surface area contributed by atoms with E-state index >= 15 is 0 Å². The van der Waals surface area contributed by atoms with Crippen molar-refractivity contribution in [1.29, 1.82) is 0 Å². The minimum absolute atomic E-state index is 0.205. The average molecular weight is 260 g/mol. The van der Waals surface area contributed by atoms with Crippen molar-refractivity contribution < 1.29 is 5.11 Å². The summed E-state index contributed by atoms with van der Waals surface area (Å²) >= 11 is 1.82. The van der Waals surface area contributed by atoms with Crippen LogP contribution in [0.1, 0.15) is 19.0 Å². The number of benzene rings is 1. The maximum atomic E-state index is 10.9. The van der Waals surface area contributed by atoms with Crippen LogP contribution in [0.25, 0.3) is 5.69 Å². The number of para-hydroxylation sites is 1.